The molecule has 0 saturated carbocycles. The Kier molecular flexibility index (Phi) is 6.77. The van der Waals surface area contributed by atoms with E-state index in [-0.39, 0.29) is 28.7 Å². The van der Waals surface area contributed by atoms with E-state index in [0.717, 1.165) is 28.4 Å². The molecule has 3 aromatic rings. The van der Waals surface area contributed by atoms with E-state index < -0.39 is 34.2 Å². The Balaban J connectivity index is 1.81. The average molecular weight is 479 g/mol. The van der Waals surface area contributed by atoms with Crippen molar-refractivity contribution in [1.29, 1.82) is 0 Å². The van der Waals surface area contributed by atoms with Gasteiger partial charge in [-0.1, -0.05) is 18.2 Å². The average Bonchev–Trinajstić information content (AvgIpc) is 3.19. The highest BCUT2D eigenvalue weighted by atomic mass is 32.1. The van der Waals surface area contributed by atoms with Crippen molar-refractivity contribution in [2.24, 2.45) is 0 Å². The lowest BCUT2D eigenvalue weighted by molar-refractivity contribution is -0.385. The number of rotatable bonds is 6. The second-order valence-electron chi connectivity index (χ2n) is 6.83. The predicted octanol–water partition coefficient (Wildman–Crippen LogP) is 5.42. The SMILES string of the molecule is CC(=O)N(c1cccc(C(F)(F)F)c1)c1nc(COC(=O)c2c(C)cccc2[N+](=O)[O-])cs1. The van der Waals surface area contributed by atoms with Gasteiger partial charge in [-0.05, 0) is 30.7 Å². The Hall–Kier alpha value is -3.80. The number of hydrogen-bond acceptors (Lipinski definition) is 7. The largest absolute Gasteiger partial charge is 0.455 e. The van der Waals surface area contributed by atoms with Crippen LogP contribution in [-0.4, -0.2) is 21.8 Å². The maximum Gasteiger partial charge on any atom is 0.416 e. The van der Waals surface area contributed by atoms with Gasteiger partial charge in [-0.25, -0.2) is 9.78 Å². The molecule has 8 nitrogen and oxygen atoms in total. The Bertz CT molecular complexity index is 1230. The van der Waals surface area contributed by atoms with Crippen LogP contribution in [0.25, 0.3) is 0 Å². The summed E-state index contributed by atoms with van der Waals surface area (Å²) in [5, 5.41) is 12.7. The summed E-state index contributed by atoms with van der Waals surface area (Å²) in [7, 11) is 0. The van der Waals surface area contributed by atoms with E-state index >= 15 is 0 Å². The van der Waals surface area contributed by atoms with Crippen LogP contribution in [-0.2, 0) is 22.3 Å². The van der Waals surface area contributed by atoms with Crippen LogP contribution in [0.15, 0.2) is 47.8 Å². The number of anilines is 2. The number of nitrogens with zero attached hydrogens (tertiary/aromatic N) is 3. The molecule has 1 aromatic heterocycles. The standard InChI is InChI=1S/C21H16F3N3O5S/c1-12-5-3-8-17(27(30)31)18(12)19(29)32-10-15-11-33-20(25-15)26(13(2)28)16-7-4-6-14(9-16)21(22,23)24/h3-9,11H,10H2,1-2H3. The fourth-order valence-corrected chi connectivity index (χ4v) is 3.87. The molecule has 2 aromatic carbocycles. The van der Waals surface area contributed by atoms with Crippen molar-refractivity contribution in [2.75, 3.05) is 4.90 Å². The van der Waals surface area contributed by atoms with Gasteiger partial charge in [-0.3, -0.25) is 19.8 Å². The molecule has 1 amide bonds. The quantitative estimate of drug-likeness (QED) is 0.266. The van der Waals surface area contributed by atoms with Gasteiger partial charge in [0.2, 0.25) is 5.91 Å². The molecular formula is C21H16F3N3O5S. The van der Waals surface area contributed by atoms with Crippen molar-refractivity contribution < 1.29 is 32.4 Å². The predicted molar refractivity (Wildman–Crippen MR) is 113 cm³/mol. The van der Waals surface area contributed by atoms with Crippen molar-refractivity contribution in [1.82, 2.24) is 4.98 Å². The molecule has 0 N–H and O–H groups in total. The van der Waals surface area contributed by atoms with Crippen molar-refractivity contribution in [3.8, 4) is 0 Å². The van der Waals surface area contributed by atoms with Gasteiger partial charge in [0.15, 0.2) is 5.13 Å². The minimum Gasteiger partial charge on any atom is -0.455 e. The molecule has 0 aliphatic rings. The van der Waals surface area contributed by atoms with Crippen molar-refractivity contribution >= 4 is 39.7 Å². The summed E-state index contributed by atoms with van der Waals surface area (Å²) >= 11 is 0.966. The third-order valence-corrected chi connectivity index (χ3v) is 5.35. The van der Waals surface area contributed by atoms with Gasteiger partial charge in [-0.15, -0.1) is 11.3 Å². The number of carbonyl (C=O) groups excluding carboxylic acids is 2. The molecular weight excluding hydrogens is 463 g/mol. The maximum absolute atomic E-state index is 13.1. The van der Waals surface area contributed by atoms with E-state index in [1.807, 2.05) is 0 Å². The summed E-state index contributed by atoms with van der Waals surface area (Å²) in [6.45, 7) is 2.36. The Morgan fingerprint density at radius 3 is 2.55 bits per heavy atom. The first-order valence-electron chi connectivity index (χ1n) is 9.32. The van der Waals surface area contributed by atoms with Crippen LogP contribution in [0.5, 0.6) is 0 Å². The van der Waals surface area contributed by atoms with Gasteiger partial charge in [0.05, 0.1) is 21.9 Å². The molecule has 0 saturated heterocycles. The van der Waals surface area contributed by atoms with E-state index in [1.165, 1.54) is 49.6 Å². The zero-order chi connectivity index (χ0) is 24.3. The molecule has 0 radical (unpaired) electrons. The van der Waals surface area contributed by atoms with E-state index in [4.69, 9.17) is 4.74 Å². The topological polar surface area (TPSA) is 103 Å². The molecule has 0 spiro atoms. The molecule has 0 atom stereocenters. The number of aromatic nitrogens is 1. The summed E-state index contributed by atoms with van der Waals surface area (Å²) in [4.78, 5) is 40.3. The Morgan fingerprint density at radius 1 is 1.21 bits per heavy atom. The third kappa shape index (κ3) is 5.34. The van der Waals surface area contributed by atoms with Gasteiger partial charge >= 0.3 is 12.1 Å². The number of esters is 1. The summed E-state index contributed by atoms with van der Waals surface area (Å²) in [6.07, 6.45) is -4.58. The number of benzene rings is 2. The normalized spacial score (nSPS) is 11.2. The second kappa shape index (κ2) is 9.36. The fraction of sp³-hybridized carbons (Fsp3) is 0.190. The number of aryl methyl sites for hydroxylation is 1. The maximum atomic E-state index is 13.1. The fourth-order valence-electron chi connectivity index (χ4n) is 3.00. The summed E-state index contributed by atoms with van der Waals surface area (Å²) in [5.74, 6) is -1.49. The number of thiazole rings is 1. The number of carbonyl (C=O) groups is 2. The first-order chi connectivity index (χ1) is 15.5. The first kappa shape index (κ1) is 23.9. The smallest absolute Gasteiger partial charge is 0.416 e. The molecule has 3 rings (SSSR count). The lowest BCUT2D eigenvalue weighted by Crippen LogP contribution is -2.23. The van der Waals surface area contributed by atoms with Crippen molar-refractivity contribution in [2.45, 2.75) is 26.6 Å². The number of ether oxygens (including phenoxy) is 1. The lowest BCUT2D eigenvalue weighted by atomic mass is 10.1. The minimum absolute atomic E-state index is 0.0224. The number of nitro benzene ring substituents is 1. The second-order valence-corrected chi connectivity index (χ2v) is 7.66. The van der Waals surface area contributed by atoms with Crippen LogP contribution >= 0.6 is 11.3 Å². The third-order valence-electron chi connectivity index (χ3n) is 4.48. The van der Waals surface area contributed by atoms with Crippen molar-refractivity contribution in [3.63, 3.8) is 0 Å². The van der Waals surface area contributed by atoms with Crippen LogP contribution < -0.4 is 4.90 Å². The lowest BCUT2D eigenvalue weighted by Gasteiger charge is -2.19. The monoisotopic (exact) mass is 479 g/mol. The first-order valence-corrected chi connectivity index (χ1v) is 10.2. The minimum atomic E-state index is -4.58. The summed E-state index contributed by atoms with van der Waals surface area (Å²) in [6, 6.07) is 8.41. The van der Waals surface area contributed by atoms with E-state index in [0.29, 0.717) is 5.56 Å². The van der Waals surface area contributed by atoms with Crippen LogP contribution in [0.2, 0.25) is 0 Å². The van der Waals surface area contributed by atoms with Gasteiger partial charge in [0, 0.05) is 18.4 Å². The van der Waals surface area contributed by atoms with Crippen LogP contribution in [0.3, 0.4) is 0 Å². The van der Waals surface area contributed by atoms with Crippen molar-refractivity contribution in [3.05, 3.63) is 80.3 Å². The Labute approximate surface area is 189 Å². The molecule has 172 valence electrons. The number of amides is 1. The van der Waals surface area contributed by atoms with Crippen LogP contribution in [0, 0.1) is 17.0 Å². The summed E-state index contributed by atoms with van der Waals surface area (Å²) < 4.78 is 44.3. The zero-order valence-corrected chi connectivity index (χ0v) is 18.1. The van der Waals surface area contributed by atoms with E-state index in [2.05, 4.69) is 4.98 Å². The molecule has 0 bridgehead atoms. The van der Waals surface area contributed by atoms with Gasteiger partial charge in [0.1, 0.15) is 12.2 Å². The number of hydrogen-bond donors (Lipinski definition) is 0. The van der Waals surface area contributed by atoms with Gasteiger partial charge < -0.3 is 4.74 Å². The highest BCUT2D eigenvalue weighted by molar-refractivity contribution is 7.14. The number of nitro groups is 1. The zero-order valence-electron chi connectivity index (χ0n) is 17.3. The van der Waals surface area contributed by atoms with Crippen LogP contribution in [0.1, 0.15) is 34.1 Å². The Morgan fingerprint density at radius 2 is 1.91 bits per heavy atom. The molecule has 12 heteroatoms. The highest BCUT2D eigenvalue weighted by Gasteiger charge is 2.31. The van der Waals surface area contributed by atoms with E-state index in [1.54, 1.807) is 0 Å². The molecule has 0 aliphatic carbocycles. The molecule has 1 heterocycles. The molecule has 0 unspecified atom stereocenters. The van der Waals surface area contributed by atoms with Gasteiger partial charge in [0.25, 0.3) is 5.69 Å². The van der Waals surface area contributed by atoms with E-state index in [9.17, 15) is 32.9 Å². The number of alkyl halides is 3. The molecule has 0 fully saturated rings. The van der Waals surface area contributed by atoms with Gasteiger partial charge in [-0.2, -0.15) is 13.2 Å². The highest BCUT2D eigenvalue weighted by Crippen LogP contribution is 2.35. The number of halogens is 3. The van der Waals surface area contributed by atoms with Crippen LogP contribution in [0.4, 0.5) is 29.7 Å². The summed E-state index contributed by atoms with van der Waals surface area (Å²) in [5.41, 5.74) is -0.945. The molecule has 0 aliphatic heterocycles. The molecule has 33 heavy (non-hydrogen) atoms.